The van der Waals surface area contributed by atoms with Gasteiger partial charge >= 0.3 is 5.97 Å². The first-order valence-corrected chi connectivity index (χ1v) is 5.66. The maximum atomic E-state index is 14.1. The van der Waals surface area contributed by atoms with Crippen molar-refractivity contribution in [1.82, 2.24) is 0 Å². The number of hydrogen-bond acceptors (Lipinski definition) is 2. The minimum atomic E-state index is -1.11. The van der Waals surface area contributed by atoms with Crippen LogP contribution in [0.5, 0.6) is 5.75 Å². The number of rotatable bonds is 3. The van der Waals surface area contributed by atoms with Crippen LogP contribution in [0.4, 0.5) is 4.39 Å². The molecular weight excluding hydrogens is 247 g/mol. The van der Waals surface area contributed by atoms with E-state index in [1.807, 2.05) is 0 Å². The van der Waals surface area contributed by atoms with Gasteiger partial charge in [-0.05, 0) is 18.9 Å². The summed E-state index contributed by atoms with van der Waals surface area (Å²) >= 11 is 5.80. The van der Waals surface area contributed by atoms with E-state index in [0.717, 1.165) is 6.42 Å². The fraction of sp³-hybridized carbons (Fsp3) is 0.417. The van der Waals surface area contributed by atoms with Crippen LogP contribution in [0.1, 0.15) is 24.8 Å². The highest BCUT2D eigenvalue weighted by Crippen LogP contribution is 2.47. The summed E-state index contributed by atoms with van der Waals surface area (Å²) in [6.45, 7) is 0. The van der Waals surface area contributed by atoms with Gasteiger partial charge in [0.2, 0.25) is 0 Å². The zero-order valence-corrected chi connectivity index (χ0v) is 10.1. The van der Waals surface area contributed by atoms with Crippen LogP contribution in [0.3, 0.4) is 0 Å². The van der Waals surface area contributed by atoms with Gasteiger partial charge in [-0.15, -0.1) is 0 Å². The molecule has 0 radical (unpaired) electrons. The molecule has 1 aromatic carbocycles. The Kier molecular flexibility index (Phi) is 3.00. The number of aliphatic carboxylic acids is 1. The Morgan fingerprint density at radius 3 is 2.59 bits per heavy atom. The lowest BCUT2D eigenvalue weighted by Crippen LogP contribution is -2.43. The predicted molar refractivity (Wildman–Crippen MR) is 61.1 cm³/mol. The zero-order chi connectivity index (χ0) is 12.6. The van der Waals surface area contributed by atoms with Crippen LogP contribution in [0, 0.1) is 5.82 Å². The molecule has 1 aliphatic carbocycles. The van der Waals surface area contributed by atoms with Gasteiger partial charge in [0.1, 0.15) is 16.6 Å². The van der Waals surface area contributed by atoms with E-state index in [1.54, 1.807) is 0 Å². The number of carboxylic acid groups (broad SMARTS) is 1. The van der Waals surface area contributed by atoms with Crippen LogP contribution in [0.25, 0.3) is 0 Å². The topological polar surface area (TPSA) is 46.5 Å². The molecule has 0 aromatic heterocycles. The van der Waals surface area contributed by atoms with Crippen LogP contribution < -0.4 is 4.74 Å². The molecule has 0 atom stereocenters. The monoisotopic (exact) mass is 258 g/mol. The molecule has 5 heteroatoms. The van der Waals surface area contributed by atoms with E-state index in [4.69, 9.17) is 16.3 Å². The summed E-state index contributed by atoms with van der Waals surface area (Å²) in [5, 5.41) is 9.08. The molecule has 0 bridgehead atoms. The maximum absolute atomic E-state index is 14.1. The highest BCUT2D eigenvalue weighted by atomic mass is 35.5. The SMILES string of the molecule is COc1ccc(C2(C(=O)O)CCC2)c(F)c1Cl. The third-order valence-corrected chi connectivity index (χ3v) is 3.75. The average molecular weight is 259 g/mol. The number of hydrogen-bond donors (Lipinski definition) is 1. The highest BCUT2D eigenvalue weighted by molar-refractivity contribution is 6.32. The molecule has 0 saturated heterocycles. The normalized spacial score (nSPS) is 17.4. The number of methoxy groups -OCH3 is 1. The smallest absolute Gasteiger partial charge is 0.314 e. The molecule has 0 spiro atoms. The van der Waals surface area contributed by atoms with Crippen LogP contribution in [0.2, 0.25) is 5.02 Å². The van der Waals surface area contributed by atoms with E-state index in [-0.39, 0.29) is 16.3 Å². The molecule has 1 aliphatic rings. The van der Waals surface area contributed by atoms with E-state index in [2.05, 4.69) is 0 Å². The van der Waals surface area contributed by atoms with Gasteiger partial charge in [0.05, 0.1) is 12.5 Å². The van der Waals surface area contributed by atoms with Gasteiger partial charge in [0, 0.05) is 5.56 Å². The first-order valence-electron chi connectivity index (χ1n) is 5.29. The molecule has 2 rings (SSSR count). The second kappa shape index (κ2) is 4.18. The highest BCUT2D eigenvalue weighted by Gasteiger charge is 2.48. The van der Waals surface area contributed by atoms with Crippen molar-refractivity contribution in [1.29, 1.82) is 0 Å². The third-order valence-electron chi connectivity index (χ3n) is 3.40. The molecule has 17 heavy (non-hydrogen) atoms. The van der Waals surface area contributed by atoms with Crippen molar-refractivity contribution in [2.45, 2.75) is 24.7 Å². The fourth-order valence-corrected chi connectivity index (χ4v) is 2.43. The fourth-order valence-electron chi connectivity index (χ4n) is 2.19. The number of ether oxygens (including phenoxy) is 1. The number of carboxylic acids is 1. The standard InChI is InChI=1S/C12H12ClFO3/c1-17-8-4-3-7(10(14)9(8)13)12(11(15)16)5-2-6-12/h3-4H,2,5-6H2,1H3,(H,15,16). The van der Waals surface area contributed by atoms with Crippen molar-refractivity contribution in [3.05, 3.63) is 28.5 Å². The molecule has 1 saturated carbocycles. The average Bonchev–Trinajstić information content (AvgIpc) is 2.22. The number of carbonyl (C=O) groups is 1. The zero-order valence-electron chi connectivity index (χ0n) is 9.30. The molecule has 0 amide bonds. The Labute approximate surface area is 103 Å². The molecule has 0 unspecified atom stereocenters. The van der Waals surface area contributed by atoms with Gasteiger partial charge in [-0.2, -0.15) is 0 Å². The second-order valence-corrected chi connectivity index (χ2v) is 4.56. The van der Waals surface area contributed by atoms with Crippen molar-refractivity contribution >= 4 is 17.6 Å². The summed E-state index contributed by atoms with van der Waals surface area (Å²) in [4.78, 5) is 11.3. The van der Waals surface area contributed by atoms with E-state index in [0.29, 0.717) is 12.8 Å². The lowest BCUT2D eigenvalue weighted by molar-refractivity contribution is -0.147. The van der Waals surface area contributed by atoms with Gasteiger partial charge in [-0.25, -0.2) is 4.39 Å². The van der Waals surface area contributed by atoms with Crippen LogP contribution in [-0.2, 0) is 10.2 Å². The van der Waals surface area contributed by atoms with E-state index < -0.39 is 17.2 Å². The van der Waals surface area contributed by atoms with Gasteiger partial charge in [0.15, 0.2) is 0 Å². The molecule has 1 aromatic rings. The first-order chi connectivity index (χ1) is 8.03. The Hall–Kier alpha value is -1.29. The Morgan fingerprint density at radius 1 is 1.53 bits per heavy atom. The molecule has 92 valence electrons. The Bertz CT molecular complexity index is 469. The van der Waals surface area contributed by atoms with E-state index in [1.165, 1.54) is 19.2 Å². The third kappa shape index (κ3) is 1.67. The summed E-state index contributed by atoms with van der Waals surface area (Å²) in [6, 6.07) is 2.96. The van der Waals surface area contributed by atoms with Crippen LogP contribution in [-0.4, -0.2) is 18.2 Å². The maximum Gasteiger partial charge on any atom is 0.314 e. The van der Waals surface area contributed by atoms with E-state index >= 15 is 0 Å². The summed E-state index contributed by atoms with van der Waals surface area (Å²) in [5.41, 5.74) is -0.956. The van der Waals surface area contributed by atoms with Crippen molar-refractivity contribution in [2.24, 2.45) is 0 Å². The molecule has 3 nitrogen and oxygen atoms in total. The summed E-state index contributed by atoms with van der Waals surface area (Å²) in [7, 11) is 1.39. The number of halogens is 2. The summed E-state index contributed by atoms with van der Waals surface area (Å²) in [5.74, 6) is -1.47. The molecule has 0 aliphatic heterocycles. The minimum absolute atomic E-state index is 0.155. The Morgan fingerprint density at radius 2 is 2.18 bits per heavy atom. The quantitative estimate of drug-likeness (QED) is 0.907. The molecule has 0 heterocycles. The van der Waals surface area contributed by atoms with Crippen LogP contribution in [0.15, 0.2) is 12.1 Å². The minimum Gasteiger partial charge on any atom is -0.495 e. The lowest BCUT2D eigenvalue weighted by Gasteiger charge is -2.38. The van der Waals surface area contributed by atoms with Crippen molar-refractivity contribution in [2.75, 3.05) is 7.11 Å². The van der Waals surface area contributed by atoms with E-state index in [9.17, 15) is 14.3 Å². The van der Waals surface area contributed by atoms with Crippen molar-refractivity contribution in [3.8, 4) is 5.75 Å². The molecule has 1 fully saturated rings. The Balaban J connectivity index is 2.53. The molecule has 1 N–H and O–H groups in total. The van der Waals surface area contributed by atoms with Crippen molar-refractivity contribution < 1.29 is 19.0 Å². The van der Waals surface area contributed by atoms with Crippen LogP contribution >= 0.6 is 11.6 Å². The van der Waals surface area contributed by atoms with Gasteiger partial charge in [0.25, 0.3) is 0 Å². The first kappa shape index (κ1) is 12.2. The summed E-state index contributed by atoms with van der Waals surface area (Å²) in [6.07, 6.45) is 1.68. The van der Waals surface area contributed by atoms with Crippen molar-refractivity contribution in [3.63, 3.8) is 0 Å². The predicted octanol–water partition coefficient (Wildman–Crippen LogP) is 2.99. The molecular formula is C12H12ClFO3. The second-order valence-electron chi connectivity index (χ2n) is 4.18. The van der Waals surface area contributed by atoms with Gasteiger partial charge in [-0.3, -0.25) is 4.79 Å². The number of benzene rings is 1. The largest absolute Gasteiger partial charge is 0.495 e. The summed E-state index contributed by atoms with van der Waals surface area (Å²) < 4.78 is 18.9. The van der Waals surface area contributed by atoms with Gasteiger partial charge in [-0.1, -0.05) is 24.1 Å². The lowest BCUT2D eigenvalue weighted by atomic mass is 9.64. The van der Waals surface area contributed by atoms with Gasteiger partial charge < -0.3 is 9.84 Å².